The lowest BCUT2D eigenvalue weighted by Gasteiger charge is -2.06. The Morgan fingerprint density at radius 2 is 1.74 bits per heavy atom. The molecule has 0 aliphatic carbocycles. The fraction of sp³-hybridized carbons (Fsp3) is 0.120. The molecule has 31 heavy (non-hydrogen) atoms. The summed E-state index contributed by atoms with van der Waals surface area (Å²) < 4.78 is 2.13. The zero-order valence-electron chi connectivity index (χ0n) is 17.0. The van der Waals surface area contributed by atoms with Gasteiger partial charge < -0.3 is 4.57 Å². The van der Waals surface area contributed by atoms with Crippen molar-refractivity contribution in [2.45, 2.75) is 19.9 Å². The zero-order chi connectivity index (χ0) is 21.8. The number of hydrogen-bond donors (Lipinski definition) is 1. The highest BCUT2D eigenvalue weighted by atomic mass is 35.5. The number of benzene rings is 3. The highest BCUT2D eigenvalue weighted by molar-refractivity contribution is 6.42. The molecular formula is C25H21Cl2N3O. The number of amides is 1. The third kappa shape index (κ3) is 5.16. The minimum atomic E-state index is -0.153. The Morgan fingerprint density at radius 1 is 1.00 bits per heavy atom. The number of halogens is 2. The van der Waals surface area contributed by atoms with Crippen LogP contribution in [0.5, 0.6) is 0 Å². The van der Waals surface area contributed by atoms with Crippen LogP contribution < -0.4 is 5.43 Å². The molecule has 1 amide bonds. The molecule has 3 aromatic carbocycles. The van der Waals surface area contributed by atoms with Gasteiger partial charge in [0.15, 0.2) is 0 Å². The van der Waals surface area contributed by atoms with Crippen LogP contribution in [0.2, 0.25) is 10.0 Å². The normalized spacial score (nSPS) is 11.3. The minimum absolute atomic E-state index is 0.153. The quantitative estimate of drug-likeness (QED) is 0.284. The maximum absolute atomic E-state index is 12.2. The largest absolute Gasteiger partial charge is 0.342 e. The van der Waals surface area contributed by atoms with Gasteiger partial charge in [-0.15, -0.1) is 0 Å². The Hall–Kier alpha value is -3.08. The van der Waals surface area contributed by atoms with Crippen LogP contribution in [0.25, 0.3) is 10.9 Å². The number of aromatic nitrogens is 1. The van der Waals surface area contributed by atoms with E-state index in [0.29, 0.717) is 16.6 Å². The topological polar surface area (TPSA) is 46.4 Å². The first-order valence-electron chi connectivity index (χ1n) is 9.89. The van der Waals surface area contributed by atoms with Crippen molar-refractivity contribution in [2.75, 3.05) is 0 Å². The monoisotopic (exact) mass is 449 g/mol. The van der Waals surface area contributed by atoms with Crippen molar-refractivity contribution in [3.63, 3.8) is 0 Å². The summed E-state index contributed by atoms with van der Waals surface area (Å²) >= 11 is 12.2. The molecule has 4 rings (SSSR count). The van der Waals surface area contributed by atoms with Crippen molar-refractivity contribution in [3.05, 3.63) is 105 Å². The fourth-order valence-electron chi connectivity index (χ4n) is 3.45. The minimum Gasteiger partial charge on any atom is -0.342 e. The molecular weight excluding hydrogens is 429 g/mol. The summed E-state index contributed by atoms with van der Waals surface area (Å²) in [4.78, 5) is 12.2. The lowest BCUT2D eigenvalue weighted by molar-refractivity contribution is -0.120. The molecule has 0 spiro atoms. The number of nitrogens with one attached hydrogen (secondary N) is 1. The number of carbonyl (C=O) groups excluding carboxylic acids is 1. The van der Waals surface area contributed by atoms with Gasteiger partial charge in [0.05, 0.1) is 22.7 Å². The first-order valence-corrected chi connectivity index (χ1v) is 10.6. The molecule has 0 aliphatic rings. The lowest BCUT2D eigenvalue weighted by atomic mass is 10.1. The van der Waals surface area contributed by atoms with Gasteiger partial charge in [-0.25, -0.2) is 5.43 Å². The zero-order valence-corrected chi connectivity index (χ0v) is 18.5. The second-order valence-electron chi connectivity index (χ2n) is 7.43. The molecule has 0 saturated heterocycles. The van der Waals surface area contributed by atoms with Crippen LogP contribution in [0.1, 0.15) is 22.3 Å². The summed E-state index contributed by atoms with van der Waals surface area (Å²) in [5.41, 5.74) is 7.78. The number of fused-ring (bicyclic) bond motifs is 1. The van der Waals surface area contributed by atoms with Gasteiger partial charge in [0.25, 0.3) is 0 Å². The van der Waals surface area contributed by atoms with Gasteiger partial charge in [-0.3, -0.25) is 4.79 Å². The molecule has 4 nitrogen and oxygen atoms in total. The van der Waals surface area contributed by atoms with E-state index in [-0.39, 0.29) is 12.3 Å². The van der Waals surface area contributed by atoms with E-state index in [2.05, 4.69) is 21.2 Å². The Labute approximate surface area is 191 Å². The Balaban J connectivity index is 1.50. The van der Waals surface area contributed by atoms with Crippen molar-refractivity contribution in [1.29, 1.82) is 0 Å². The Bertz CT molecular complexity index is 1260. The first-order chi connectivity index (χ1) is 15.0. The standard InChI is InChI=1S/C25H21Cl2N3O/c1-17-6-8-18(9-7-17)13-25(31)29-28-14-20-16-30(24-5-3-2-4-21(20)24)15-19-10-11-22(26)23(27)12-19/h2-12,14,16H,13,15H2,1H3,(H,29,31)/b28-14-. The molecule has 0 bridgehead atoms. The number of para-hydroxylation sites is 1. The van der Waals surface area contributed by atoms with E-state index >= 15 is 0 Å². The van der Waals surface area contributed by atoms with E-state index in [9.17, 15) is 4.79 Å². The first kappa shape index (κ1) is 21.2. The van der Waals surface area contributed by atoms with E-state index in [1.54, 1.807) is 12.3 Å². The number of carbonyl (C=O) groups is 1. The summed E-state index contributed by atoms with van der Waals surface area (Å²) in [6.45, 7) is 2.66. The highest BCUT2D eigenvalue weighted by Crippen LogP contribution is 2.25. The average molecular weight is 450 g/mol. The van der Waals surface area contributed by atoms with Crippen LogP contribution in [-0.2, 0) is 17.8 Å². The molecule has 0 fully saturated rings. The third-order valence-electron chi connectivity index (χ3n) is 5.03. The Kier molecular flexibility index (Phi) is 6.40. The second kappa shape index (κ2) is 9.38. The number of hydrogen-bond acceptors (Lipinski definition) is 2. The van der Waals surface area contributed by atoms with Gasteiger partial charge in [0, 0.05) is 29.2 Å². The second-order valence-corrected chi connectivity index (χ2v) is 8.25. The average Bonchev–Trinajstić information content (AvgIpc) is 3.10. The van der Waals surface area contributed by atoms with Crippen LogP contribution in [0.4, 0.5) is 0 Å². The summed E-state index contributed by atoms with van der Waals surface area (Å²) in [6.07, 6.45) is 3.99. The lowest BCUT2D eigenvalue weighted by Crippen LogP contribution is -2.19. The molecule has 0 saturated carbocycles. The van der Waals surface area contributed by atoms with Crippen molar-refractivity contribution in [2.24, 2.45) is 5.10 Å². The van der Waals surface area contributed by atoms with Gasteiger partial charge in [0.2, 0.25) is 5.91 Å². The molecule has 4 aromatic rings. The van der Waals surface area contributed by atoms with Crippen LogP contribution >= 0.6 is 23.2 Å². The molecule has 0 radical (unpaired) electrons. The fourth-order valence-corrected chi connectivity index (χ4v) is 3.77. The molecule has 1 aromatic heterocycles. The Morgan fingerprint density at radius 3 is 2.52 bits per heavy atom. The van der Waals surface area contributed by atoms with Crippen molar-refractivity contribution >= 4 is 46.2 Å². The molecule has 6 heteroatoms. The maximum atomic E-state index is 12.2. The third-order valence-corrected chi connectivity index (χ3v) is 5.77. The predicted molar refractivity (Wildman–Crippen MR) is 128 cm³/mol. The molecule has 1 heterocycles. The highest BCUT2D eigenvalue weighted by Gasteiger charge is 2.09. The van der Waals surface area contributed by atoms with Gasteiger partial charge in [-0.2, -0.15) is 5.10 Å². The number of rotatable bonds is 6. The number of aryl methyl sites for hydroxylation is 1. The molecule has 1 N–H and O–H groups in total. The van der Waals surface area contributed by atoms with Crippen LogP contribution in [0, 0.1) is 6.92 Å². The molecule has 0 unspecified atom stereocenters. The molecule has 156 valence electrons. The SMILES string of the molecule is Cc1ccc(CC(=O)N/N=C\c2cn(Cc3ccc(Cl)c(Cl)c3)c3ccccc23)cc1. The van der Waals surface area contributed by atoms with E-state index in [4.69, 9.17) is 23.2 Å². The van der Waals surface area contributed by atoms with Gasteiger partial charge in [-0.1, -0.05) is 77.3 Å². The summed E-state index contributed by atoms with van der Waals surface area (Å²) in [5, 5.41) is 6.30. The maximum Gasteiger partial charge on any atom is 0.244 e. The number of hydrazone groups is 1. The summed E-state index contributed by atoms with van der Waals surface area (Å²) in [6, 6.07) is 21.6. The van der Waals surface area contributed by atoms with Crippen LogP contribution in [0.3, 0.4) is 0 Å². The summed E-state index contributed by atoms with van der Waals surface area (Å²) in [5.74, 6) is -0.153. The molecule has 0 aliphatic heterocycles. The van der Waals surface area contributed by atoms with E-state index in [1.165, 1.54) is 5.56 Å². The van der Waals surface area contributed by atoms with Gasteiger partial charge in [0.1, 0.15) is 0 Å². The predicted octanol–water partition coefficient (Wildman–Crippen LogP) is 6.00. The van der Waals surface area contributed by atoms with Crippen molar-refractivity contribution in [3.8, 4) is 0 Å². The van der Waals surface area contributed by atoms with Gasteiger partial charge in [-0.05, 0) is 36.2 Å². The van der Waals surface area contributed by atoms with Crippen LogP contribution in [-0.4, -0.2) is 16.7 Å². The van der Waals surface area contributed by atoms with E-state index in [1.807, 2.05) is 67.7 Å². The molecule has 0 atom stereocenters. The van der Waals surface area contributed by atoms with Gasteiger partial charge >= 0.3 is 0 Å². The smallest absolute Gasteiger partial charge is 0.244 e. The van der Waals surface area contributed by atoms with E-state index < -0.39 is 0 Å². The van der Waals surface area contributed by atoms with Crippen LogP contribution in [0.15, 0.2) is 78.0 Å². The van der Waals surface area contributed by atoms with E-state index in [0.717, 1.165) is 27.6 Å². The van der Waals surface area contributed by atoms with Crippen molar-refractivity contribution < 1.29 is 4.79 Å². The van der Waals surface area contributed by atoms with Crippen molar-refractivity contribution in [1.82, 2.24) is 9.99 Å². The summed E-state index contributed by atoms with van der Waals surface area (Å²) in [7, 11) is 0. The number of nitrogens with zero attached hydrogens (tertiary/aromatic N) is 2.